The van der Waals surface area contributed by atoms with Crippen LogP contribution in [0.1, 0.15) is 18.9 Å². The van der Waals surface area contributed by atoms with Gasteiger partial charge in [-0.15, -0.1) is 0 Å². The first-order chi connectivity index (χ1) is 11.8. The van der Waals surface area contributed by atoms with Crippen LogP contribution in [0.5, 0.6) is 0 Å². The Morgan fingerprint density at radius 3 is 2.56 bits per heavy atom. The summed E-state index contributed by atoms with van der Waals surface area (Å²) in [4.78, 5) is 22.9. The van der Waals surface area contributed by atoms with Crippen molar-refractivity contribution in [2.75, 3.05) is 38.2 Å². The molecule has 0 atom stereocenters. The van der Waals surface area contributed by atoms with Crippen LogP contribution in [-0.2, 0) is 24.3 Å². The fourth-order valence-electron chi connectivity index (χ4n) is 2.46. The third-order valence-electron chi connectivity index (χ3n) is 3.79. The molecule has 2 amide bonds. The lowest BCUT2D eigenvalue weighted by Gasteiger charge is -2.26. The molecule has 2 N–H and O–H groups in total. The normalized spacial score (nSPS) is 15.6. The number of nitrogens with one attached hydrogen (secondary N) is 2. The minimum Gasteiger partial charge on any atom is -0.379 e. The molecule has 0 aromatic heterocycles. The van der Waals surface area contributed by atoms with Crippen molar-refractivity contribution in [1.29, 1.82) is 0 Å². The molecule has 1 aromatic rings. The van der Waals surface area contributed by atoms with Crippen molar-refractivity contribution >= 4 is 27.5 Å². The largest absolute Gasteiger partial charge is 0.379 e. The van der Waals surface area contributed by atoms with Gasteiger partial charge in [-0.25, -0.2) is 8.42 Å². The van der Waals surface area contributed by atoms with Crippen LogP contribution in [0.15, 0.2) is 23.1 Å². The number of benzene rings is 1. The summed E-state index contributed by atoms with van der Waals surface area (Å²) < 4.78 is 32.2. The highest BCUT2D eigenvalue weighted by atomic mass is 32.2. The molecular weight excluding hydrogens is 346 g/mol. The Labute approximate surface area is 147 Å². The summed E-state index contributed by atoms with van der Waals surface area (Å²) in [5, 5.41) is 5.20. The third-order valence-corrected chi connectivity index (χ3v) is 5.83. The Morgan fingerprint density at radius 2 is 1.92 bits per heavy atom. The van der Waals surface area contributed by atoms with Crippen LogP contribution < -0.4 is 10.6 Å². The van der Waals surface area contributed by atoms with Crippen LogP contribution in [0.25, 0.3) is 0 Å². The summed E-state index contributed by atoms with van der Waals surface area (Å²) in [7, 11) is -3.63. The molecule has 1 aliphatic rings. The van der Waals surface area contributed by atoms with Crippen molar-refractivity contribution in [3.63, 3.8) is 0 Å². The molecule has 138 valence electrons. The van der Waals surface area contributed by atoms with Gasteiger partial charge in [-0.2, -0.15) is 4.31 Å². The summed E-state index contributed by atoms with van der Waals surface area (Å²) in [6.45, 7) is 4.70. The second-order valence-corrected chi connectivity index (χ2v) is 7.68. The van der Waals surface area contributed by atoms with Crippen LogP contribution in [0.3, 0.4) is 0 Å². The maximum Gasteiger partial charge on any atom is 0.243 e. The van der Waals surface area contributed by atoms with E-state index in [1.807, 2.05) is 0 Å². The lowest BCUT2D eigenvalue weighted by atomic mass is 10.2. The zero-order valence-corrected chi connectivity index (χ0v) is 15.2. The van der Waals surface area contributed by atoms with Crippen molar-refractivity contribution in [2.45, 2.75) is 25.2 Å². The standard InChI is InChI=1S/C16H23N3O5S/c1-12-3-4-14(18-16(21)5-6-17-13(2)20)11-15(12)25(22,23)19-7-9-24-10-8-19/h3-4,11H,5-10H2,1-2H3,(H,17,20)(H,18,21). The van der Waals surface area contributed by atoms with Crippen LogP contribution in [0.2, 0.25) is 0 Å². The minimum atomic E-state index is -3.63. The summed E-state index contributed by atoms with van der Waals surface area (Å²) >= 11 is 0. The molecule has 2 rings (SSSR count). The Morgan fingerprint density at radius 1 is 1.24 bits per heavy atom. The van der Waals surface area contributed by atoms with Gasteiger partial charge in [-0.05, 0) is 24.6 Å². The summed E-state index contributed by atoms with van der Waals surface area (Å²) in [6.07, 6.45) is 0.110. The predicted molar refractivity (Wildman–Crippen MR) is 92.7 cm³/mol. The van der Waals surface area contributed by atoms with E-state index in [1.165, 1.54) is 17.3 Å². The predicted octanol–water partition coefficient (Wildman–Crippen LogP) is 0.481. The van der Waals surface area contributed by atoms with Crippen molar-refractivity contribution in [1.82, 2.24) is 9.62 Å². The first-order valence-corrected chi connectivity index (χ1v) is 9.47. The molecule has 0 saturated carbocycles. The smallest absolute Gasteiger partial charge is 0.243 e. The second kappa shape index (κ2) is 8.41. The molecular formula is C16H23N3O5S. The molecule has 0 aliphatic carbocycles. The Bertz CT molecular complexity index is 742. The third kappa shape index (κ3) is 5.25. The quantitative estimate of drug-likeness (QED) is 0.759. The van der Waals surface area contributed by atoms with E-state index in [-0.39, 0.29) is 29.7 Å². The highest BCUT2D eigenvalue weighted by Gasteiger charge is 2.28. The van der Waals surface area contributed by atoms with Gasteiger partial charge < -0.3 is 15.4 Å². The highest BCUT2D eigenvalue weighted by Crippen LogP contribution is 2.24. The maximum atomic E-state index is 12.8. The fraction of sp³-hybridized carbons (Fsp3) is 0.500. The highest BCUT2D eigenvalue weighted by molar-refractivity contribution is 7.89. The molecule has 1 saturated heterocycles. The number of sulfonamides is 1. The first-order valence-electron chi connectivity index (χ1n) is 8.03. The zero-order valence-electron chi connectivity index (χ0n) is 14.4. The van der Waals surface area contributed by atoms with Gasteiger partial charge in [0.25, 0.3) is 0 Å². The van der Waals surface area contributed by atoms with E-state index in [4.69, 9.17) is 4.74 Å². The first kappa shape index (κ1) is 19.4. The second-order valence-electron chi connectivity index (χ2n) is 5.78. The number of carbonyl (C=O) groups excluding carboxylic acids is 2. The lowest BCUT2D eigenvalue weighted by Crippen LogP contribution is -2.40. The van der Waals surface area contributed by atoms with Gasteiger partial charge in [-0.1, -0.05) is 6.07 Å². The van der Waals surface area contributed by atoms with Gasteiger partial charge in [0.2, 0.25) is 21.8 Å². The van der Waals surface area contributed by atoms with E-state index >= 15 is 0 Å². The number of carbonyl (C=O) groups is 2. The molecule has 0 unspecified atom stereocenters. The molecule has 0 radical (unpaired) electrons. The van der Waals surface area contributed by atoms with Crippen molar-refractivity contribution in [3.8, 4) is 0 Å². The lowest BCUT2D eigenvalue weighted by molar-refractivity contribution is -0.119. The molecule has 0 bridgehead atoms. The molecule has 0 spiro atoms. The molecule has 1 fully saturated rings. The van der Waals surface area contributed by atoms with E-state index in [9.17, 15) is 18.0 Å². The average Bonchev–Trinajstić information content (AvgIpc) is 2.57. The van der Waals surface area contributed by atoms with Gasteiger partial charge in [0.05, 0.1) is 18.1 Å². The van der Waals surface area contributed by atoms with Gasteiger partial charge in [0, 0.05) is 38.7 Å². The number of nitrogens with zero attached hydrogens (tertiary/aromatic N) is 1. The fourth-order valence-corrected chi connectivity index (χ4v) is 4.12. The van der Waals surface area contributed by atoms with Crippen molar-refractivity contribution < 1.29 is 22.7 Å². The summed E-state index contributed by atoms with van der Waals surface area (Å²) in [6, 6.07) is 4.79. The van der Waals surface area contributed by atoms with E-state index in [1.54, 1.807) is 19.1 Å². The number of morpholine rings is 1. The van der Waals surface area contributed by atoms with Gasteiger partial charge >= 0.3 is 0 Å². The average molecular weight is 369 g/mol. The maximum absolute atomic E-state index is 12.8. The van der Waals surface area contributed by atoms with Gasteiger partial charge in [0.15, 0.2) is 0 Å². The number of aryl methyl sites for hydroxylation is 1. The molecule has 9 heteroatoms. The van der Waals surface area contributed by atoms with Crippen molar-refractivity contribution in [3.05, 3.63) is 23.8 Å². The SMILES string of the molecule is CC(=O)NCCC(=O)Nc1ccc(C)c(S(=O)(=O)N2CCOCC2)c1. The number of amides is 2. The Hall–Kier alpha value is -1.97. The van der Waals surface area contributed by atoms with Gasteiger partial charge in [0.1, 0.15) is 0 Å². The molecule has 1 heterocycles. The molecule has 25 heavy (non-hydrogen) atoms. The summed E-state index contributed by atoms with van der Waals surface area (Å²) in [5.74, 6) is -0.505. The minimum absolute atomic E-state index is 0.110. The molecule has 1 aromatic carbocycles. The molecule has 1 aliphatic heterocycles. The number of hydrogen-bond acceptors (Lipinski definition) is 5. The molecule has 8 nitrogen and oxygen atoms in total. The Kier molecular flexibility index (Phi) is 6.51. The zero-order chi connectivity index (χ0) is 18.4. The van der Waals surface area contributed by atoms with Crippen molar-refractivity contribution in [2.24, 2.45) is 0 Å². The van der Waals surface area contributed by atoms with Gasteiger partial charge in [-0.3, -0.25) is 9.59 Å². The Balaban J connectivity index is 2.11. The number of rotatable bonds is 6. The van der Waals surface area contributed by atoms with Crippen LogP contribution in [-0.4, -0.2) is 57.4 Å². The summed E-state index contributed by atoms with van der Waals surface area (Å²) in [5.41, 5.74) is 1.02. The number of anilines is 1. The van der Waals surface area contributed by atoms with Crippen LogP contribution >= 0.6 is 0 Å². The topological polar surface area (TPSA) is 105 Å². The van der Waals surface area contributed by atoms with E-state index in [2.05, 4.69) is 10.6 Å². The monoisotopic (exact) mass is 369 g/mol. The van der Waals surface area contributed by atoms with E-state index in [0.717, 1.165) is 0 Å². The van der Waals surface area contributed by atoms with Crippen LogP contribution in [0, 0.1) is 6.92 Å². The van der Waals surface area contributed by atoms with E-state index < -0.39 is 10.0 Å². The van der Waals surface area contributed by atoms with Crippen LogP contribution in [0.4, 0.5) is 5.69 Å². The number of ether oxygens (including phenoxy) is 1. The van der Waals surface area contributed by atoms with E-state index in [0.29, 0.717) is 37.6 Å². The number of hydrogen-bond donors (Lipinski definition) is 2.